The average molecular weight is 297 g/mol. The first-order chi connectivity index (χ1) is 10.1. The lowest BCUT2D eigenvalue weighted by Gasteiger charge is -2.34. The molecule has 4 heteroatoms. The van der Waals surface area contributed by atoms with Gasteiger partial charge in [-0.25, -0.2) is 0 Å². The van der Waals surface area contributed by atoms with Gasteiger partial charge >= 0.3 is 0 Å². The number of piperidine rings is 1. The topological polar surface area (TPSA) is 52.7 Å². The maximum absolute atomic E-state index is 10.2. The van der Waals surface area contributed by atoms with Gasteiger partial charge in [-0.3, -0.25) is 0 Å². The van der Waals surface area contributed by atoms with Crippen LogP contribution in [0.2, 0.25) is 0 Å². The Morgan fingerprint density at radius 2 is 1.76 bits per heavy atom. The molecule has 0 spiro atoms. The van der Waals surface area contributed by atoms with E-state index in [4.69, 9.17) is 5.73 Å². The van der Waals surface area contributed by atoms with Crippen molar-refractivity contribution in [1.29, 1.82) is 0 Å². The van der Waals surface area contributed by atoms with Crippen LogP contribution in [0.4, 0.5) is 0 Å². The van der Waals surface area contributed by atoms with Crippen molar-refractivity contribution in [3.63, 3.8) is 0 Å². The Labute approximate surface area is 130 Å². The molecule has 2 fully saturated rings. The van der Waals surface area contributed by atoms with E-state index in [1.165, 1.54) is 58.4 Å². The van der Waals surface area contributed by atoms with Gasteiger partial charge in [-0.05, 0) is 83.6 Å². The second-order valence-corrected chi connectivity index (χ2v) is 7.18. The van der Waals surface area contributed by atoms with Crippen LogP contribution in [0.5, 0.6) is 0 Å². The van der Waals surface area contributed by atoms with Crippen LogP contribution in [0.15, 0.2) is 0 Å². The van der Waals surface area contributed by atoms with Crippen LogP contribution in [0.25, 0.3) is 0 Å². The standard InChI is InChI=1S/C17H35N3O/c1-2-17(21,15-18)8-5-11-19-12-6-16(7-13-19)14-20-9-3-4-10-20/h16,21H,2-15,18H2,1H3. The molecule has 2 rings (SSSR count). The minimum absolute atomic E-state index is 0.390. The van der Waals surface area contributed by atoms with E-state index in [0.717, 1.165) is 31.7 Å². The van der Waals surface area contributed by atoms with Crippen LogP contribution < -0.4 is 5.73 Å². The highest BCUT2D eigenvalue weighted by molar-refractivity contribution is 4.80. The summed E-state index contributed by atoms with van der Waals surface area (Å²) in [5, 5.41) is 10.2. The Balaban J connectivity index is 1.58. The molecule has 1 atom stereocenters. The minimum atomic E-state index is -0.631. The first kappa shape index (κ1) is 17.2. The third kappa shape index (κ3) is 5.51. The summed E-state index contributed by atoms with van der Waals surface area (Å²) in [6.07, 6.45) is 8.19. The third-order valence-electron chi connectivity index (χ3n) is 5.58. The molecule has 0 amide bonds. The first-order valence-corrected chi connectivity index (χ1v) is 9.02. The highest BCUT2D eigenvalue weighted by Crippen LogP contribution is 2.22. The lowest BCUT2D eigenvalue weighted by atomic mass is 9.93. The molecular weight excluding hydrogens is 262 g/mol. The van der Waals surface area contributed by atoms with Crippen LogP contribution in [-0.4, -0.2) is 66.3 Å². The number of aliphatic hydroxyl groups is 1. The zero-order valence-electron chi connectivity index (χ0n) is 13.9. The van der Waals surface area contributed by atoms with E-state index in [1.54, 1.807) is 0 Å². The molecule has 2 saturated heterocycles. The predicted molar refractivity (Wildman–Crippen MR) is 88.4 cm³/mol. The van der Waals surface area contributed by atoms with E-state index in [9.17, 15) is 5.11 Å². The van der Waals surface area contributed by atoms with Gasteiger partial charge in [0.15, 0.2) is 0 Å². The molecule has 0 radical (unpaired) electrons. The van der Waals surface area contributed by atoms with E-state index in [1.807, 2.05) is 6.92 Å². The Bertz CT molecular complexity index is 280. The van der Waals surface area contributed by atoms with E-state index in [2.05, 4.69) is 9.80 Å². The van der Waals surface area contributed by atoms with Crippen molar-refractivity contribution in [2.75, 3.05) is 45.8 Å². The zero-order chi connectivity index (χ0) is 15.1. The van der Waals surface area contributed by atoms with E-state index < -0.39 is 5.60 Å². The van der Waals surface area contributed by atoms with Gasteiger partial charge in [-0.1, -0.05) is 6.92 Å². The molecule has 0 aliphatic carbocycles. The van der Waals surface area contributed by atoms with Crippen molar-refractivity contribution in [2.24, 2.45) is 11.7 Å². The van der Waals surface area contributed by atoms with Crippen molar-refractivity contribution >= 4 is 0 Å². The predicted octanol–water partition coefficient (Wildman–Crippen LogP) is 1.67. The molecule has 0 bridgehead atoms. The van der Waals surface area contributed by atoms with Gasteiger partial charge in [0, 0.05) is 13.1 Å². The molecule has 2 aliphatic heterocycles. The molecule has 0 aromatic rings. The van der Waals surface area contributed by atoms with Crippen molar-refractivity contribution in [3.05, 3.63) is 0 Å². The normalized spacial score (nSPS) is 25.3. The lowest BCUT2D eigenvalue weighted by Crippen LogP contribution is -2.40. The summed E-state index contributed by atoms with van der Waals surface area (Å²) in [5.74, 6) is 0.913. The molecule has 21 heavy (non-hydrogen) atoms. The molecule has 0 aromatic heterocycles. The zero-order valence-corrected chi connectivity index (χ0v) is 13.9. The largest absolute Gasteiger partial charge is 0.389 e. The molecule has 2 heterocycles. The van der Waals surface area contributed by atoms with E-state index >= 15 is 0 Å². The Kier molecular flexibility index (Phi) is 6.93. The third-order valence-corrected chi connectivity index (χ3v) is 5.58. The van der Waals surface area contributed by atoms with Crippen molar-refractivity contribution in [2.45, 2.75) is 57.5 Å². The maximum atomic E-state index is 10.2. The van der Waals surface area contributed by atoms with Crippen molar-refractivity contribution in [3.8, 4) is 0 Å². The monoisotopic (exact) mass is 297 g/mol. The molecule has 4 nitrogen and oxygen atoms in total. The van der Waals surface area contributed by atoms with Crippen molar-refractivity contribution < 1.29 is 5.11 Å². The highest BCUT2D eigenvalue weighted by atomic mass is 16.3. The fraction of sp³-hybridized carbons (Fsp3) is 1.00. The second kappa shape index (κ2) is 8.47. The van der Waals surface area contributed by atoms with Gasteiger partial charge in [0.1, 0.15) is 0 Å². The highest BCUT2D eigenvalue weighted by Gasteiger charge is 2.25. The Hall–Kier alpha value is -0.160. The molecule has 1 unspecified atom stereocenters. The average Bonchev–Trinajstić information content (AvgIpc) is 3.02. The summed E-state index contributed by atoms with van der Waals surface area (Å²) < 4.78 is 0. The molecule has 0 saturated carbocycles. The molecule has 124 valence electrons. The SMILES string of the molecule is CCC(O)(CN)CCCN1CCC(CN2CCCC2)CC1. The van der Waals surface area contributed by atoms with Gasteiger partial charge in [0.2, 0.25) is 0 Å². The number of nitrogens with zero attached hydrogens (tertiary/aromatic N) is 2. The van der Waals surface area contributed by atoms with Gasteiger partial charge < -0.3 is 20.6 Å². The number of nitrogens with two attached hydrogens (primary N) is 1. The number of rotatable bonds is 8. The summed E-state index contributed by atoms with van der Waals surface area (Å²) in [6.45, 7) is 10.0. The summed E-state index contributed by atoms with van der Waals surface area (Å²) in [6, 6.07) is 0. The van der Waals surface area contributed by atoms with Gasteiger partial charge in [-0.15, -0.1) is 0 Å². The van der Waals surface area contributed by atoms with Crippen LogP contribution in [0.1, 0.15) is 51.9 Å². The number of hydrogen-bond donors (Lipinski definition) is 2. The fourth-order valence-electron chi connectivity index (χ4n) is 3.78. The minimum Gasteiger partial charge on any atom is -0.389 e. The molecule has 0 aromatic carbocycles. The smallest absolute Gasteiger partial charge is 0.0767 e. The maximum Gasteiger partial charge on any atom is 0.0767 e. The van der Waals surface area contributed by atoms with E-state index in [0.29, 0.717) is 6.54 Å². The van der Waals surface area contributed by atoms with Crippen LogP contribution in [0.3, 0.4) is 0 Å². The van der Waals surface area contributed by atoms with Gasteiger partial charge in [0.25, 0.3) is 0 Å². The summed E-state index contributed by atoms with van der Waals surface area (Å²) in [7, 11) is 0. The van der Waals surface area contributed by atoms with Gasteiger partial charge in [0.05, 0.1) is 5.60 Å². The van der Waals surface area contributed by atoms with Crippen LogP contribution in [-0.2, 0) is 0 Å². The van der Waals surface area contributed by atoms with Crippen LogP contribution in [0, 0.1) is 5.92 Å². The first-order valence-electron chi connectivity index (χ1n) is 9.02. The second-order valence-electron chi connectivity index (χ2n) is 7.18. The Morgan fingerprint density at radius 1 is 1.10 bits per heavy atom. The summed E-state index contributed by atoms with van der Waals surface area (Å²) in [4.78, 5) is 5.23. The molecule has 3 N–H and O–H groups in total. The molecule has 2 aliphatic rings. The van der Waals surface area contributed by atoms with E-state index in [-0.39, 0.29) is 0 Å². The fourth-order valence-corrected chi connectivity index (χ4v) is 3.78. The summed E-state index contributed by atoms with van der Waals surface area (Å²) >= 11 is 0. The summed E-state index contributed by atoms with van der Waals surface area (Å²) in [5.41, 5.74) is 5.03. The Morgan fingerprint density at radius 3 is 2.33 bits per heavy atom. The van der Waals surface area contributed by atoms with Crippen LogP contribution >= 0.6 is 0 Å². The van der Waals surface area contributed by atoms with Gasteiger partial charge in [-0.2, -0.15) is 0 Å². The number of hydrogen-bond acceptors (Lipinski definition) is 4. The number of likely N-dealkylation sites (tertiary alicyclic amines) is 2. The molecular formula is C17H35N3O. The van der Waals surface area contributed by atoms with Crippen molar-refractivity contribution in [1.82, 2.24) is 9.80 Å². The quantitative estimate of drug-likeness (QED) is 0.716. The lowest BCUT2D eigenvalue weighted by molar-refractivity contribution is 0.0302.